The molecule has 2 aromatic rings. The van der Waals surface area contributed by atoms with Gasteiger partial charge in [0.25, 0.3) is 0 Å². The molecule has 7 heteroatoms. The molecule has 7 nitrogen and oxygen atoms in total. The highest BCUT2D eigenvalue weighted by Crippen LogP contribution is 2.07. The fraction of sp³-hybridized carbons (Fsp3) is 0.300. The third-order valence-electron chi connectivity index (χ3n) is 2.10. The minimum Gasteiger partial charge on any atom is -0.475 e. The lowest BCUT2D eigenvalue weighted by Gasteiger charge is -1.98. The van der Waals surface area contributed by atoms with Gasteiger partial charge in [0.2, 0.25) is 5.76 Å². The number of rotatable bonds is 5. The van der Waals surface area contributed by atoms with Crippen LogP contribution in [0.5, 0.6) is 0 Å². The molecule has 0 fully saturated rings. The molecule has 0 saturated heterocycles. The van der Waals surface area contributed by atoms with Crippen LogP contribution >= 0.6 is 0 Å². The molecule has 0 unspecified atom stereocenters. The average molecular weight is 236 g/mol. The molecule has 0 radical (unpaired) electrons. The highest BCUT2D eigenvalue weighted by Gasteiger charge is 2.08. The highest BCUT2D eigenvalue weighted by atomic mass is 16.4. The number of carboxylic acids is 1. The molecule has 0 spiro atoms. The lowest BCUT2D eigenvalue weighted by molar-refractivity contribution is 0.0660. The normalized spacial score (nSPS) is 10.6. The summed E-state index contributed by atoms with van der Waals surface area (Å²) in [6.07, 6.45) is 1.62. The van der Waals surface area contributed by atoms with Crippen molar-refractivity contribution in [2.24, 2.45) is 7.05 Å². The van der Waals surface area contributed by atoms with Crippen LogP contribution in [0.15, 0.2) is 22.9 Å². The van der Waals surface area contributed by atoms with Gasteiger partial charge in [0.1, 0.15) is 12.1 Å². The van der Waals surface area contributed by atoms with Crippen molar-refractivity contribution in [3.05, 3.63) is 35.8 Å². The molecule has 0 atom stereocenters. The van der Waals surface area contributed by atoms with Crippen LogP contribution in [0, 0.1) is 0 Å². The predicted octanol–water partition coefficient (Wildman–Crippen LogP) is 0.396. The summed E-state index contributed by atoms with van der Waals surface area (Å²) >= 11 is 0. The Morgan fingerprint density at radius 1 is 1.53 bits per heavy atom. The lowest BCUT2D eigenvalue weighted by atomic mass is 10.4. The van der Waals surface area contributed by atoms with Gasteiger partial charge in [-0.3, -0.25) is 4.68 Å². The van der Waals surface area contributed by atoms with E-state index in [1.165, 1.54) is 6.07 Å². The second-order valence-electron chi connectivity index (χ2n) is 3.51. The summed E-state index contributed by atoms with van der Waals surface area (Å²) in [7, 11) is 1.79. The molecule has 2 rings (SSSR count). The van der Waals surface area contributed by atoms with E-state index in [0.29, 0.717) is 24.7 Å². The Morgan fingerprint density at radius 2 is 2.35 bits per heavy atom. The summed E-state index contributed by atoms with van der Waals surface area (Å²) < 4.78 is 6.70. The molecule has 0 aliphatic heterocycles. The van der Waals surface area contributed by atoms with E-state index in [2.05, 4.69) is 15.4 Å². The standard InChI is InChI=1S/C10H12N4O3/c1-14-6-12-9(13-14)5-11-4-7-2-3-8(17-7)10(15)16/h2-3,6,11H,4-5H2,1H3,(H,15,16). The molecule has 0 aromatic carbocycles. The Kier molecular flexibility index (Phi) is 3.20. The van der Waals surface area contributed by atoms with Crippen LogP contribution in [0.1, 0.15) is 22.1 Å². The molecule has 0 bridgehead atoms. The summed E-state index contributed by atoms with van der Waals surface area (Å²) in [6, 6.07) is 3.06. The molecule has 0 aliphatic rings. The first kappa shape index (κ1) is 11.3. The van der Waals surface area contributed by atoms with Gasteiger partial charge >= 0.3 is 5.97 Å². The Balaban J connectivity index is 1.83. The van der Waals surface area contributed by atoms with Gasteiger partial charge in [-0.05, 0) is 12.1 Å². The van der Waals surface area contributed by atoms with Crippen molar-refractivity contribution < 1.29 is 14.3 Å². The molecular weight excluding hydrogens is 224 g/mol. The third-order valence-corrected chi connectivity index (χ3v) is 2.10. The molecule has 2 aromatic heterocycles. The molecule has 17 heavy (non-hydrogen) atoms. The van der Waals surface area contributed by atoms with E-state index in [1.54, 1.807) is 24.1 Å². The van der Waals surface area contributed by atoms with E-state index < -0.39 is 5.97 Å². The second kappa shape index (κ2) is 4.79. The van der Waals surface area contributed by atoms with Crippen LogP contribution in [-0.2, 0) is 20.1 Å². The first-order valence-electron chi connectivity index (χ1n) is 5.02. The summed E-state index contributed by atoms with van der Waals surface area (Å²) in [6.45, 7) is 0.940. The van der Waals surface area contributed by atoms with Gasteiger partial charge in [0.15, 0.2) is 5.82 Å². The molecular formula is C10H12N4O3. The van der Waals surface area contributed by atoms with E-state index in [4.69, 9.17) is 9.52 Å². The van der Waals surface area contributed by atoms with Crippen molar-refractivity contribution >= 4 is 5.97 Å². The quantitative estimate of drug-likeness (QED) is 0.780. The number of aromatic nitrogens is 3. The van der Waals surface area contributed by atoms with Gasteiger partial charge in [0, 0.05) is 7.05 Å². The van der Waals surface area contributed by atoms with Crippen molar-refractivity contribution in [3.8, 4) is 0 Å². The number of aryl methyl sites for hydroxylation is 1. The van der Waals surface area contributed by atoms with Gasteiger partial charge in [-0.15, -0.1) is 0 Å². The third kappa shape index (κ3) is 2.91. The first-order valence-corrected chi connectivity index (χ1v) is 5.02. The Labute approximate surface area is 97.1 Å². The van der Waals surface area contributed by atoms with E-state index in [0.717, 1.165) is 0 Å². The maximum atomic E-state index is 10.6. The monoisotopic (exact) mass is 236 g/mol. The van der Waals surface area contributed by atoms with Crippen LogP contribution in [0.3, 0.4) is 0 Å². The Morgan fingerprint density at radius 3 is 2.94 bits per heavy atom. The summed E-state index contributed by atoms with van der Waals surface area (Å²) in [4.78, 5) is 14.6. The largest absolute Gasteiger partial charge is 0.475 e. The molecule has 0 saturated carbocycles. The number of aromatic carboxylic acids is 1. The Bertz CT molecular complexity index is 517. The average Bonchev–Trinajstić information content (AvgIpc) is 2.88. The highest BCUT2D eigenvalue weighted by molar-refractivity contribution is 5.84. The molecule has 0 aliphatic carbocycles. The first-order chi connectivity index (χ1) is 8.15. The minimum atomic E-state index is -1.07. The number of hydrogen-bond acceptors (Lipinski definition) is 5. The van der Waals surface area contributed by atoms with Crippen molar-refractivity contribution in [3.63, 3.8) is 0 Å². The maximum absolute atomic E-state index is 10.6. The minimum absolute atomic E-state index is 0.0576. The van der Waals surface area contributed by atoms with Crippen LogP contribution in [0.2, 0.25) is 0 Å². The number of carbonyl (C=O) groups is 1. The van der Waals surface area contributed by atoms with E-state index in [-0.39, 0.29) is 5.76 Å². The zero-order chi connectivity index (χ0) is 12.3. The fourth-order valence-corrected chi connectivity index (χ4v) is 1.35. The zero-order valence-electron chi connectivity index (χ0n) is 9.25. The smallest absolute Gasteiger partial charge is 0.371 e. The predicted molar refractivity (Wildman–Crippen MR) is 57.2 cm³/mol. The van der Waals surface area contributed by atoms with Gasteiger partial charge < -0.3 is 14.8 Å². The van der Waals surface area contributed by atoms with Gasteiger partial charge in [-0.25, -0.2) is 9.78 Å². The molecule has 0 amide bonds. The summed E-state index contributed by atoms with van der Waals surface area (Å²) in [5.74, 6) is 0.122. The van der Waals surface area contributed by atoms with Gasteiger partial charge in [-0.2, -0.15) is 5.10 Å². The number of hydrogen-bond donors (Lipinski definition) is 2. The summed E-state index contributed by atoms with van der Waals surface area (Å²) in [5, 5.41) is 15.8. The van der Waals surface area contributed by atoms with Crippen molar-refractivity contribution in [2.45, 2.75) is 13.1 Å². The SMILES string of the molecule is Cn1cnc(CNCc2ccc(C(=O)O)o2)n1. The summed E-state index contributed by atoms with van der Waals surface area (Å²) in [5.41, 5.74) is 0. The molecule has 2 N–H and O–H groups in total. The van der Waals surface area contributed by atoms with Crippen molar-refractivity contribution in [2.75, 3.05) is 0 Å². The van der Waals surface area contributed by atoms with E-state index in [1.807, 2.05) is 0 Å². The second-order valence-corrected chi connectivity index (χ2v) is 3.51. The number of furan rings is 1. The Hall–Kier alpha value is -2.15. The molecule has 90 valence electrons. The fourth-order valence-electron chi connectivity index (χ4n) is 1.35. The van der Waals surface area contributed by atoms with E-state index in [9.17, 15) is 4.79 Å². The van der Waals surface area contributed by atoms with Gasteiger partial charge in [-0.1, -0.05) is 0 Å². The van der Waals surface area contributed by atoms with Gasteiger partial charge in [0.05, 0.1) is 13.1 Å². The molecule has 2 heterocycles. The van der Waals surface area contributed by atoms with Crippen LogP contribution in [-0.4, -0.2) is 25.8 Å². The number of nitrogens with zero attached hydrogens (tertiary/aromatic N) is 3. The number of carboxylic acid groups (broad SMARTS) is 1. The van der Waals surface area contributed by atoms with E-state index >= 15 is 0 Å². The van der Waals surface area contributed by atoms with Crippen molar-refractivity contribution in [1.29, 1.82) is 0 Å². The van der Waals surface area contributed by atoms with Crippen molar-refractivity contribution in [1.82, 2.24) is 20.1 Å². The number of nitrogens with one attached hydrogen (secondary N) is 1. The lowest BCUT2D eigenvalue weighted by Crippen LogP contribution is -2.13. The maximum Gasteiger partial charge on any atom is 0.371 e. The zero-order valence-corrected chi connectivity index (χ0v) is 9.25. The topological polar surface area (TPSA) is 93.2 Å². The van der Waals surface area contributed by atoms with Crippen LogP contribution < -0.4 is 5.32 Å². The van der Waals surface area contributed by atoms with Crippen LogP contribution in [0.4, 0.5) is 0 Å². The van der Waals surface area contributed by atoms with Crippen LogP contribution in [0.25, 0.3) is 0 Å².